The van der Waals surface area contributed by atoms with E-state index in [1.54, 1.807) is 7.11 Å². The molecular weight excluding hydrogens is 220 g/mol. The molecule has 1 rings (SSSR count). The van der Waals surface area contributed by atoms with Crippen molar-refractivity contribution in [2.24, 2.45) is 5.41 Å². The summed E-state index contributed by atoms with van der Waals surface area (Å²) < 4.78 is 5.16. The summed E-state index contributed by atoms with van der Waals surface area (Å²) in [7, 11) is 1.64. The maximum Gasteiger partial charge on any atom is 0.192 e. The van der Waals surface area contributed by atoms with E-state index >= 15 is 0 Å². The van der Waals surface area contributed by atoms with Gasteiger partial charge in [0.2, 0.25) is 0 Å². The van der Waals surface area contributed by atoms with Gasteiger partial charge in [0.1, 0.15) is 5.75 Å². The molecular formula is C13H18O2S. The van der Waals surface area contributed by atoms with Gasteiger partial charge >= 0.3 is 0 Å². The van der Waals surface area contributed by atoms with E-state index in [4.69, 9.17) is 4.74 Å². The van der Waals surface area contributed by atoms with Gasteiger partial charge in [-0.25, -0.2) is 0 Å². The third-order valence-electron chi connectivity index (χ3n) is 3.03. The lowest BCUT2D eigenvalue weighted by Gasteiger charge is -2.24. The smallest absolute Gasteiger partial charge is 0.192 e. The molecule has 0 heterocycles. The number of carbonyl (C=O) groups is 1. The van der Waals surface area contributed by atoms with Crippen LogP contribution in [0, 0.1) is 5.41 Å². The summed E-state index contributed by atoms with van der Waals surface area (Å²) in [6.07, 6.45) is 1.48. The van der Waals surface area contributed by atoms with Crippen LogP contribution in [0.3, 0.4) is 0 Å². The van der Waals surface area contributed by atoms with Gasteiger partial charge in [-0.2, -0.15) is 0 Å². The number of carbonyl (C=O) groups excluding carboxylic acids is 1. The second-order valence-electron chi connectivity index (χ2n) is 4.25. The maximum absolute atomic E-state index is 11.5. The van der Waals surface area contributed by atoms with E-state index < -0.39 is 5.41 Å². The lowest BCUT2D eigenvalue weighted by Crippen LogP contribution is -2.25. The molecule has 0 saturated carbocycles. The highest BCUT2D eigenvalue weighted by Crippen LogP contribution is 2.30. The quantitative estimate of drug-likeness (QED) is 0.798. The average molecular weight is 238 g/mol. The SMILES string of the molecule is CCC(C)(Cc1cccc(OC)c1)C(=O)S. The second kappa shape index (κ2) is 5.39. The Morgan fingerprint density at radius 3 is 2.69 bits per heavy atom. The molecule has 1 atom stereocenters. The zero-order valence-electron chi connectivity index (χ0n) is 9.99. The maximum atomic E-state index is 11.5. The van der Waals surface area contributed by atoms with Gasteiger partial charge in [-0.05, 0) is 30.5 Å². The van der Waals surface area contributed by atoms with Gasteiger partial charge in [-0.3, -0.25) is 4.79 Å². The summed E-state index contributed by atoms with van der Waals surface area (Å²) in [6, 6.07) is 7.81. The van der Waals surface area contributed by atoms with Crippen LogP contribution in [0.2, 0.25) is 0 Å². The molecule has 0 spiro atoms. The van der Waals surface area contributed by atoms with E-state index in [2.05, 4.69) is 12.6 Å². The summed E-state index contributed by atoms with van der Waals surface area (Å²) in [5.74, 6) is 0.822. The lowest BCUT2D eigenvalue weighted by atomic mass is 9.82. The molecule has 88 valence electrons. The van der Waals surface area contributed by atoms with Gasteiger partial charge < -0.3 is 4.74 Å². The van der Waals surface area contributed by atoms with E-state index in [-0.39, 0.29) is 5.12 Å². The van der Waals surface area contributed by atoms with Crippen molar-refractivity contribution >= 4 is 17.7 Å². The fourth-order valence-electron chi connectivity index (χ4n) is 1.58. The Morgan fingerprint density at radius 2 is 2.19 bits per heavy atom. The molecule has 1 aromatic rings. The number of ether oxygens (including phenoxy) is 1. The van der Waals surface area contributed by atoms with Gasteiger partial charge in [-0.1, -0.05) is 26.0 Å². The molecule has 0 radical (unpaired) electrons. The fraction of sp³-hybridized carbons (Fsp3) is 0.462. The van der Waals surface area contributed by atoms with Crippen LogP contribution in [-0.4, -0.2) is 12.2 Å². The summed E-state index contributed by atoms with van der Waals surface area (Å²) in [5, 5.41) is -0.0576. The van der Waals surface area contributed by atoms with Crippen LogP contribution in [0.15, 0.2) is 24.3 Å². The Labute approximate surface area is 102 Å². The number of rotatable bonds is 5. The second-order valence-corrected chi connectivity index (χ2v) is 4.65. The van der Waals surface area contributed by atoms with E-state index in [9.17, 15) is 4.79 Å². The van der Waals surface area contributed by atoms with E-state index in [1.807, 2.05) is 38.1 Å². The van der Waals surface area contributed by atoms with Crippen molar-refractivity contribution in [3.63, 3.8) is 0 Å². The Kier molecular flexibility index (Phi) is 4.42. The van der Waals surface area contributed by atoms with Gasteiger partial charge in [0, 0.05) is 5.41 Å². The van der Waals surface area contributed by atoms with E-state index in [1.165, 1.54) is 0 Å². The van der Waals surface area contributed by atoms with Crippen LogP contribution in [-0.2, 0) is 11.2 Å². The molecule has 0 aliphatic carbocycles. The van der Waals surface area contributed by atoms with Crippen molar-refractivity contribution in [2.45, 2.75) is 26.7 Å². The molecule has 0 saturated heterocycles. The Hall–Kier alpha value is -0.960. The number of hydrogen-bond acceptors (Lipinski definition) is 2. The molecule has 0 N–H and O–H groups in total. The molecule has 0 fully saturated rings. The Morgan fingerprint density at radius 1 is 1.50 bits per heavy atom. The van der Waals surface area contributed by atoms with Gasteiger partial charge in [0.15, 0.2) is 5.12 Å². The van der Waals surface area contributed by atoms with Crippen molar-refractivity contribution in [2.75, 3.05) is 7.11 Å². The highest BCUT2D eigenvalue weighted by molar-refractivity contribution is 7.96. The average Bonchev–Trinajstić information content (AvgIpc) is 2.29. The highest BCUT2D eigenvalue weighted by atomic mass is 32.1. The van der Waals surface area contributed by atoms with Crippen LogP contribution in [0.5, 0.6) is 5.75 Å². The molecule has 0 aromatic heterocycles. The molecule has 0 amide bonds. The Balaban J connectivity index is 2.90. The standard InChI is InChI=1S/C13H18O2S/c1-4-13(2,12(14)16)9-10-6-5-7-11(8-10)15-3/h5-8H,4,9H2,1-3H3,(H,14,16). The third-order valence-corrected chi connectivity index (χ3v) is 3.56. The predicted molar refractivity (Wildman–Crippen MR) is 69.1 cm³/mol. The monoisotopic (exact) mass is 238 g/mol. The summed E-state index contributed by atoms with van der Waals surface area (Å²) in [4.78, 5) is 11.5. The molecule has 3 heteroatoms. The van der Waals surface area contributed by atoms with Crippen molar-refractivity contribution in [1.82, 2.24) is 0 Å². The first-order valence-corrected chi connectivity index (χ1v) is 5.83. The normalized spacial score (nSPS) is 14.2. The molecule has 0 aliphatic heterocycles. The van der Waals surface area contributed by atoms with Crippen LogP contribution in [0.1, 0.15) is 25.8 Å². The number of benzene rings is 1. The van der Waals surface area contributed by atoms with Crippen LogP contribution in [0.25, 0.3) is 0 Å². The van der Waals surface area contributed by atoms with E-state index in [0.29, 0.717) is 6.42 Å². The van der Waals surface area contributed by atoms with Crippen LogP contribution < -0.4 is 4.74 Å². The van der Waals surface area contributed by atoms with E-state index in [0.717, 1.165) is 17.7 Å². The minimum absolute atomic E-state index is 0.0576. The first-order chi connectivity index (χ1) is 7.51. The Bertz CT molecular complexity index is 376. The molecule has 1 aromatic carbocycles. The van der Waals surface area contributed by atoms with Crippen molar-refractivity contribution < 1.29 is 9.53 Å². The summed E-state index contributed by atoms with van der Waals surface area (Å²) in [5.41, 5.74) is 0.709. The number of hydrogen-bond donors (Lipinski definition) is 1. The topological polar surface area (TPSA) is 26.3 Å². The predicted octanol–water partition coefficient (Wildman–Crippen LogP) is 3.11. The zero-order valence-corrected chi connectivity index (χ0v) is 10.9. The minimum atomic E-state index is -0.393. The van der Waals surface area contributed by atoms with Gasteiger partial charge in [0.05, 0.1) is 7.11 Å². The minimum Gasteiger partial charge on any atom is -0.497 e. The summed E-state index contributed by atoms with van der Waals surface area (Å²) in [6.45, 7) is 3.95. The first kappa shape index (κ1) is 13.1. The van der Waals surface area contributed by atoms with Gasteiger partial charge in [-0.15, -0.1) is 12.6 Å². The zero-order chi connectivity index (χ0) is 12.2. The molecule has 16 heavy (non-hydrogen) atoms. The van der Waals surface area contributed by atoms with Crippen LogP contribution >= 0.6 is 12.6 Å². The first-order valence-electron chi connectivity index (χ1n) is 5.38. The van der Waals surface area contributed by atoms with Crippen molar-refractivity contribution in [1.29, 1.82) is 0 Å². The van der Waals surface area contributed by atoms with Crippen molar-refractivity contribution in [3.8, 4) is 5.75 Å². The number of methoxy groups -OCH3 is 1. The third kappa shape index (κ3) is 3.01. The summed E-state index contributed by atoms with van der Waals surface area (Å²) >= 11 is 3.97. The molecule has 2 nitrogen and oxygen atoms in total. The highest BCUT2D eigenvalue weighted by Gasteiger charge is 2.28. The van der Waals surface area contributed by atoms with Crippen molar-refractivity contribution in [3.05, 3.63) is 29.8 Å². The molecule has 0 bridgehead atoms. The molecule has 0 aliphatic rings. The van der Waals surface area contributed by atoms with Crippen LogP contribution in [0.4, 0.5) is 0 Å². The molecule has 1 unspecified atom stereocenters. The van der Waals surface area contributed by atoms with Gasteiger partial charge in [0.25, 0.3) is 0 Å². The largest absolute Gasteiger partial charge is 0.497 e. The fourth-order valence-corrected chi connectivity index (χ4v) is 1.82. The lowest BCUT2D eigenvalue weighted by molar-refractivity contribution is -0.118. The number of thiol groups is 1.